The van der Waals surface area contributed by atoms with Crippen LogP contribution in [0.25, 0.3) is 11.3 Å². The first kappa shape index (κ1) is 18.2. The minimum Gasteiger partial charge on any atom is -0.333 e. The second-order valence-corrected chi connectivity index (χ2v) is 6.29. The summed E-state index contributed by atoms with van der Waals surface area (Å²) in [6.45, 7) is -0.276. The van der Waals surface area contributed by atoms with Crippen LogP contribution in [0.1, 0.15) is 20.8 Å². The number of pyridine rings is 2. The fourth-order valence-corrected chi connectivity index (χ4v) is 2.97. The third-order valence-corrected chi connectivity index (χ3v) is 4.41. The predicted octanol–water partition coefficient (Wildman–Crippen LogP) is 0.565. The van der Waals surface area contributed by atoms with Crippen LogP contribution < -0.4 is 10.7 Å². The zero-order valence-electron chi connectivity index (χ0n) is 15.2. The highest BCUT2D eigenvalue weighted by Crippen LogP contribution is 2.19. The maximum Gasteiger partial charge on any atom is 0.278 e. The second kappa shape index (κ2) is 7.08. The standard InChI is InChI=1S/C19H14N6O4/c1-24-18(28)16-13(26)6-8-25(17(16)19(24)29)10-15(27)21-14-5-4-12(22-23-14)11-3-2-7-20-9-11/h2-9H,10H2,1H3,(H,21,23,27). The first-order chi connectivity index (χ1) is 14.0. The number of fused-ring (bicyclic) bond motifs is 1. The van der Waals surface area contributed by atoms with E-state index >= 15 is 0 Å². The van der Waals surface area contributed by atoms with Gasteiger partial charge in [-0.1, -0.05) is 0 Å². The maximum atomic E-state index is 12.4. The summed E-state index contributed by atoms with van der Waals surface area (Å²) in [6.07, 6.45) is 4.60. The van der Waals surface area contributed by atoms with Crippen LogP contribution in [0.4, 0.5) is 5.82 Å². The Morgan fingerprint density at radius 2 is 1.90 bits per heavy atom. The molecule has 0 saturated carbocycles. The molecule has 29 heavy (non-hydrogen) atoms. The fourth-order valence-electron chi connectivity index (χ4n) is 2.97. The van der Waals surface area contributed by atoms with Crippen LogP contribution in [0, 0.1) is 0 Å². The van der Waals surface area contributed by atoms with E-state index in [-0.39, 0.29) is 23.6 Å². The Hall–Kier alpha value is -4.21. The molecule has 4 heterocycles. The molecule has 0 spiro atoms. The highest BCUT2D eigenvalue weighted by atomic mass is 16.2. The molecule has 0 fully saturated rings. The number of carbonyl (C=O) groups excluding carboxylic acids is 3. The quantitative estimate of drug-likeness (QED) is 0.645. The van der Waals surface area contributed by atoms with Crippen molar-refractivity contribution in [2.75, 3.05) is 12.4 Å². The molecule has 10 nitrogen and oxygen atoms in total. The van der Waals surface area contributed by atoms with Gasteiger partial charge in [-0.2, -0.15) is 0 Å². The van der Waals surface area contributed by atoms with Gasteiger partial charge in [-0.15, -0.1) is 10.2 Å². The molecule has 0 aromatic carbocycles. The Morgan fingerprint density at radius 1 is 1.07 bits per heavy atom. The minimum atomic E-state index is -0.679. The van der Waals surface area contributed by atoms with Crippen molar-refractivity contribution in [3.05, 3.63) is 70.4 Å². The summed E-state index contributed by atoms with van der Waals surface area (Å²) in [5.74, 6) is -1.58. The molecule has 3 amide bonds. The molecule has 0 bridgehead atoms. The summed E-state index contributed by atoms with van der Waals surface area (Å²) in [4.78, 5) is 53.6. The first-order valence-electron chi connectivity index (χ1n) is 8.55. The van der Waals surface area contributed by atoms with Gasteiger partial charge in [0.1, 0.15) is 17.8 Å². The number of rotatable bonds is 4. The van der Waals surface area contributed by atoms with E-state index in [1.807, 2.05) is 6.07 Å². The van der Waals surface area contributed by atoms with Gasteiger partial charge in [-0.05, 0) is 24.3 Å². The number of hydrogen-bond donors (Lipinski definition) is 1. The number of carbonyl (C=O) groups is 3. The molecule has 0 unspecified atom stereocenters. The van der Waals surface area contributed by atoms with Crippen molar-refractivity contribution < 1.29 is 14.4 Å². The van der Waals surface area contributed by atoms with E-state index < -0.39 is 23.2 Å². The van der Waals surface area contributed by atoms with Crippen LogP contribution in [-0.2, 0) is 11.3 Å². The summed E-state index contributed by atoms with van der Waals surface area (Å²) in [5.41, 5.74) is 0.498. The number of imide groups is 1. The number of nitrogens with zero attached hydrogens (tertiary/aromatic N) is 5. The van der Waals surface area contributed by atoms with Crippen molar-refractivity contribution in [1.82, 2.24) is 24.6 Å². The van der Waals surface area contributed by atoms with Crippen LogP contribution >= 0.6 is 0 Å². The zero-order valence-corrected chi connectivity index (χ0v) is 15.2. The zero-order chi connectivity index (χ0) is 20.5. The Labute approximate surface area is 163 Å². The van der Waals surface area contributed by atoms with Crippen molar-refractivity contribution in [2.45, 2.75) is 6.54 Å². The van der Waals surface area contributed by atoms with Gasteiger partial charge in [0.05, 0.1) is 5.69 Å². The van der Waals surface area contributed by atoms with E-state index in [0.29, 0.717) is 5.69 Å². The molecule has 4 rings (SSSR count). The molecule has 0 radical (unpaired) electrons. The van der Waals surface area contributed by atoms with E-state index in [1.165, 1.54) is 17.8 Å². The van der Waals surface area contributed by atoms with Crippen LogP contribution in [0.15, 0.2) is 53.7 Å². The van der Waals surface area contributed by atoms with Crippen molar-refractivity contribution in [2.24, 2.45) is 0 Å². The molecule has 3 aromatic rings. The van der Waals surface area contributed by atoms with Gasteiger partial charge in [0.25, 0.3) is 11.8 Å². The number of hydrogen-bond acceptors (Lipinski definition) is 7. The van der Waals surface area contributed by atoms with Gasteiger partial charge in [-0.25, -0.2) is 0 Å². The van der Waals surface area contributed by atoms with Crippen molar-refractivity contribution in [3.8, 4) is 11.3 Å². The fraction of sp³-hybridized carbons (Fsp3) is 0.105. The smallest absolute Gasteiger partial charge is 0.278 e. The molecule has 1 aliphatic heterocycles. The van der Waals surface area contributed by atoms with E-state index in [9.17, 15) is 19.2 Å². The summed E-state index contributed by atoms with van der Waals surface area (Å²) in [6, 6.07) is 8.04. The molecule has 1 aliphatic rings. The summed E-state index contributed by atoms with van der Waals surface area (Å²) in [5, 5.41) is 10.6. The van der Waals surface area contributed by atoms with E-state index in [0.717, 1.165) is 16.5 Å². The Kier molecular flexibility index (Phi) is 4.43. The largest absolute Gasteiger partial charge is 0.333 e. The lowest BCUT2D eigenvalue weighted by atomic mass is 10.2. The molecule has 0 aliphatic carbocycles. The van der Waals surface area contributed by atoms with Gasteiger partial charge >= 0.3 is 0 Å². The monoisotopic (exact) mass is 390 g/mol. The lowest BCUT2D eigenvalue weighted by Gasteiger charge is -2.11. The molecule has 0 saturated heterocycles. The van der Waals surface area contributed by atoms with Crippen LogP contribution in [0.5, 0.6) is 0 Å². The highest BCUT2D eigenvalue weighted by Gasteiger charge is 2.37. The summed E-state index contributed by atoms with van der Waals surface area (Å²) >= 11 is 0. The molecular weight excluding hydrogens is 376 g/mol. The molecular formula is C19H14N6O4. The number of aromatic nitrogens is 4. The third-order valence-electron chi connectivity index (χ3n) is 4.41. The minimum absolute atomic E-state index is 0.0989. The van der Waals surface area contributed by atoms with Gasteiger partial charge in [0.15, 0.2) is 11.2 Å². The molecule has 144 valence electrons. The second-order valence-electron chi connectivity index (χ2n) is 6.29. The molecule has 10 heteroatoms. The van der Waals surface area contributed by atoms with Crippen molar-refractivity contribution in [3.63, 3.8) is 0 Å². The lowest BCUT2D eigenvalue weighted by molar-refractivity contribution is -0.116. The van der Waals surface area contributed by atoms with Gasteiger partial charge in [0.2, 0.25) is 5.91 Å². The van der Waals surface area contributed by atoms with Crippen molar-refractivity contribution >= 4 is 23.5 Å². The topological polar surface area (TPSA) is 127 Å². The predicted molar refractivity (Wildman–Crippen MR) is 101 cm³/mol. The van der Waals surface area contributed by atoms with Gasteiger partial charge in [0, 0.05) is 37.3 Å². The Bertz CT molecular complexity index is 1190. The van der Waals surface area contributed by atoms with Gasteiger partial charge < -0.3 is 9.88 Å². The van der Waals surface area contributed by atoms with Crippen molar-refractivity contribution in [1.29, 1.82) is 0 Å². The van der Waals surface area contributed by atoms with E-state index in [4.69, 9.17) is 0 Å². The first-order valence-corrected chi connectivity index (χ1v) is 8.55. The summed E-state index contributed by atoms with van der Waals surface area (Å²) < 4.78 is 1.27. The number of anilines is 1. The van der Waals surface area contributed by atoms with Gasteiger partial charge in [-0.3, -0.25) is 29.1 Å². The van der Waals surface area contributed by atoms with E-state index in [1.54, 1.807) is 30.6 Å². The van der Waals surface area contributed by atoms with Crippen LogP contribution in [-0.4, -0.2) is 49.4 Å². The number of amides is 3. The van der Waals surface area contributed by atoms with Crippen LogP contribution in [0.2, 0.25) is 0 Å². The lowest BCUT2D eigenvalue weighted by Crippen LogP contribution is -2.26. The third kappa shape index (κ3) is 3.27. The molecule has 0 atom stereocenters. The molecule has 3 aromatic heterocycles. The molecule has 1 N–H and O–H groups in total. The summed E-state index contributed by atoms with van der Waals surface area (Å²) in [7, 11) is 1.29. The SMILES string of the molecule is CN1C(=O)c2c(n(CC(=O)Nc3ccc(-c4cccnc4)nn3)ccc2=O)C1=O. The van der Waals surface area contributed by atoms with E-state index in [2.05, 4.69) is 20.5 Å². The average molecular weight is 390 g/mol. The Morgan fingerprint density at radius 3 is 2.59 bits per heavy atom. The highest BCUT2D eigenvalue weighted by molar-refractivity contribution is 6.20. The average Bonchev–Trinajstić information content (AvgIpc) is 2.96. The normalized spacial score (nSPS) is 12.8. The Balaban J connectivity index is 1.52. The maximum absolute atomic E-state index is 12.4. The number of nitrogens with one attached hydrogen (secondary N) is 1. The van der Waals surface area contributed by atoms with Crippen LogP contribution in [0.3, 0.4) is 0 Å².